The number of imidazole rings is 1. The zero-order valence-electron chi connectivity index (χ0n) is 14.6. The highest BCUT2D eigenvalue weighted by atomic mass is 16.5. The average Bonchev–Trinajstić information content (AvgIpc) is 3.25. The third-order valence-electron chi connectivity index (χ3n) is 4.85. The number of aromatic nitrogens is 4. The fourth-order valence-electron chi connectivity index (χ4n) is 3.46. The number of hydrogen-bond acceptors (Lipinski definition) is 8. The highest BCUT2D eigenvalue weighted by Gasteiger charge is 2.44. The number of rotatable bonds is 6. The third-order valence-corrected chi connectivity index (χ3v) is 4.85. The van der Waals surface area contributed by atoms with E-state index >= 15 is 0 Å². The quantitative estimate of drug-likeness (QED) is 0.471. The summed E-state index contributed by atoms with van der Waals surface area (Å²) in [6, 6.07) is 9.65. The Morgan fingerprint density at radius 3 is 2.78 bits per heavy atom. The first-order valence-corrected chi connectivity index (χ1v) is 8.83. The Morgan fingerprint density at radius 2 is 2.00 bits per heavy atom. The van der Waals surface area contributed by atoms with Gasteiger partial charge in [0.25, 0.3) is 0 Å². The van der Waals surface area contributed by atoms with Gasteiger partial charge in [-0.05, 0) is 18.5 Å². The average molecular weight is 370 g/mol. The summed E-state index contributed by atoms with van der Waals surface area (Å²) < 4.78 is 7.51. The van der Waals surface area contributed by atoms with E-state index in [1.54, 1.807) is 4.57 Å². The van der Waals surface area contributed by atoms with Crippen molar-refractivity contribution >= 4 is 17.0 Å². The molecule has 3 heterocycles. The molecule has 1 aliphatic heterocycles. The molecule has 5 N–H and O–H groups in total. The van der Waals surface area contributed by atoms with Gasteiger partial charge in [-0.3, -0.25) is 4.57 Å². The van der Waals surface area contributed by atoms with Gasteiger partial charge >= 0.3 is 0 Å². The van der Waals surface area contributed by atoms with Crippen LogP contribution in [-0.4, -0.2) is 61.1 Å². The lowest BCUT2D eigenvalue weighted by molar-refractivity contribution is -0.0489. The molecule has 1 aromatic carbocycles. The molecule has 0 bridgehead atoms. The second-order valence-corrected chi connectivity index (χ2v) is 6.54. The van der Waals surface area contributed by atoms with Crippen LogP contribution in [0, 0.1) is 0 Å². The van der Waals surface area contributed by atoms with Crippen LogP contribution in [-0.2, 0) is 11.2 Å². The Balaban J connectivity index is 1.50. The first kappa shape index (κ1) is 17.8. The number of aliphatic hydroxyl groups excluding tert-OH is 2. The van der Waals surface area contributed by atoms with E-state index in [2.05, 4.69) is 32.4 Å². The van der Waals surface area contributed by atoms with Gasteiger partial charge in [0, 0.05) is 0 Å². The van der Waals surface area contributed by atoms with Crippen molar-refractivity contribution < 1.29 is 14.9 Å². The molecule has 0 saturated carbocycles. The lowest BCUT2D eigenvalue weighted by Crippen LogP contribution is -2.46. The van der Waals surface area contributed by atoms with Gasteiger partial charge < -0.3 is 26.0 Å². The van der Waals surface area contributed by atoms with E-state index in [1.807, 2.05) is 18.2 Å². The Morgan fingerprint density at radius 1 is 1.19 bits per heavy atom. The van der Waals surface area contributed by atoms with E-state index < -0.39 is 24.5 Å². The van der Waals surface area contributed by atoms with Crippen molar-refractivity contribution in [1.29, 1.82) is 0 Å². The van der Waals surface area contributed by atoms with Crippen LogP contribution >= 0.6 is 0 Å². The number of hydrogen-bond donors (Lipinski definition) is 4. The van der Waals surface area contributed by atoms with Gasteiger partial charge in [0.15, 0.2) is 17.7 Å². The molecule has 27 heavy (non-hydrogen) atoms. The maximum atomic E-state index is 10.8. The third kappa shape index (κ3) is 3.37. The lowest BCUT2D eigenvalue weighted by Gasteiger charge is -2.21. The van der Waals surface area contributed by atoms with Gasteiger partial charge in [0.1, 0.15) is 24.1 Å². The van der Waals surface area contributed by atoms with E-state index in [9.17, 15) is 10.2 Å². The van der Waals surface area contributed by atoms with Gasteiger partial charge in [0.05, 0.1) is 19.0 Å². The summed E-state index contributed by atoms with van der Waals surface area (Å²) in [4.78, 5) is 12.3. The predicted molar refractivity (Wildman–Crippen MR) is 98.7 cm³/mol. The molecule has 0 amide bonds. The minimum atomic E-state index is -0.883. The number of nitrogens with zero attached hydrogens (tertiary/aromatic N) is 4. The molecule has 142 valence electrons. The summed E-state index contributed by atoms with van der Waals surface area (Å²) in [6.07, 6.45) is 1.52. The molecule has 0 unspecified atom stereocenters. The SMILES string of the molecule is Nc1ncnc2c1ncn2[C@@H]1O[C@H](CO)[C@@H](NCCc2ccccc2)[C@H]1O. The summed E-state index contributed by atoms with van der Waals surface area (Å²) in [5, 5.41) is 23.8. The predicted octanol–water partition coefficient (Wildman–Crippen LogP) is -0.140. The van der Waals surface area contributed by atoms with Crippen LogP contribution in [0.1, 0.15) is 11.8 Å². The van der Waals surface area contributed by atoms with E-state index in [4.69, 9.17) is 10.5 Å². The molecule has 1 fully saturated rings. The van der Waals surface area contributed by atoms with Crippen molar-refractivity contribution in [2.75, 3.05) is 18.9 Å². The fraction of sp³-hybridized carbons (Fsp3) is 0.389. The number of ether oxygens (including phenoxy) is 1. The van der Waals surface area contributed by atoms with E-state index in [-0.39, 0.29) is 12.4 Å². The smallest absolute Gasteiger partial charge is 0.167 e. The maximum absolute atomic E-state index is 10.8. The first-order valence-electron chi connectivity index (χ1n) is 8.83. The van der Waals surface area contributed by atoms with Crippen molar-refractivity contribution in [2.45, 2.75) is 30.9 Å². The standard InChI is InChI=1S/C18H22N6O3/c19-16-14-17(22-9-21-16)24(10-23-14)18-15(26)13(12(8-25)27-18)20-7-6-11-4-2-1-3-5-11/h1-5,9-10,12-13,15,18,20,25-26H,6-8H2,(H2,19,21,22)/t12-,13-,15-,18-/m1/s1. The largest absolute Gasteiger partial charge is 0.394 e. The molecule has 9 nitrogen and oxygen atoms in total. The van der Waals surface area contributed by atoms with Crippen molar-refractivity contribution in [3.63, 3.8) is 0 Å². The van der Waals surface area contributed by atoms with E-state index in [1.165, 1.54) is 18.2 Å². The summed E-state index contributed by atoms with van der Waals surface area (Å²) in [7, 11) is 0. The van der Waals surface area contributed by atoms with Crippen LogP contribution in [0.3, 0.4) is 0 Å². The lowest BCUT2D eigenvalue weighted by atomic mass is 10.1. The normalized spacial score (nSPS) is 25.3. The van der Waals surface area contributed by atoms with Crippen molar-refractivity contribution in [1.82, 2.24) is 24.8 Å². The molecular formula is C18H22N6O3. The van der Waals surface area contributed by atoms with Crippen molar-refractivity contribution in [3.8, 4) is 0 Å². The Kier molecular flexibility index (Phi) is 4.99. The second-order valence-electron chi connectivity index (χ2n) is 6.54. The van der Waals surface area contributed by atoms with E-state index in [0.717, 1.165) is 6.42 Å². The van der Waals surface area contributed by atoms with Crippen LogP contribution in [0.15, 0.2) is 43.0 Å². The molecule has 0 spiro atoms. The minimum Gasteiger partial charge on any atom is -0.394 e. The fourth-order valence-corrected chi connectivity index (χ4v) is 3.46. The summed E-state index contributed by atoms with van der Waals surface area (Å²) in [5.74, 6) is 0.266. The molecule has 1 aliphatic rings. The summed E-state index contributed by atoms with van der Waals surface area (Å²) in [6.45, 7) is 0.443. The number of fused-ring (bicyclic) bond motifs is 1. The molecule has 9 heteroatoms. The molecule has 0 aliphatic carbocycles. The van der Waals surface area contributed by atoms with Crippen LogP contribution in [0.5, 0.6) is 0 Å². The monoisotopic (exact) mass is 370 g/mol. The Labute approximate surface area is 155 Å². The van der Waals surface area contributed by atoms with Crippen LogP contribution in [0.2, 0.25) is 0 Å². The van der Waals surface area contributed by atoms with Gasteiger partial charge in [-0.25, -0.2) is 15.0 Å². The van der Waals surface area contributed by atoms with Crippen molar-refractivity contribution in [2.24, 2.45) is 0 Å². The number of nitrogens with two attached hydrogens (primary N) is 1. The molecule has 4 atom stereocenters. The van der Waals surface area contributed by atoms with E-state index in [0.29, 0.717) is 17.7 Å². The van der Waals surface area contributed by atoms with Gasteiger partial charge in [-0.2, -0.15) is 0 Å². The number of anilines is 1. The van der Waals surface area contributed by atoms with Crippen LogP contribution in [0.25, 0.3) is 11.2 Å². The zero-order valence-corrected chi connectivity index (χ0v) is 14.6. The molecular weight excluding hydrogens is 348 g/mol. The van der Waals surface area contributed by atoms with Gasteiger partial charge in [0.2, 0.25) is 0 Å². The second kappa shape index (κ2) is 7.57. The molecule has 4 rings (SSSR count). The number of nitrogens with one attached hydrogen (secondary N) is 1. The summed E-state index contributed by atoms with van der Waals surface area (Å²) >= 11 is 0. The highest BCUT2D eigenvalue weighted by Crippen LogP contribution is 2.31. The summed E-state index contributed by atoms with van der Waals surface area (Å²) in [5.41, 5.74) is 7.95. The Hall–Kier alpha value is -2.59. The molecule has 0 radical (unpaired) electrons. The van der Waals surface area contributed by atoms with Gasteiger partial charge in [-0.15, -0.1) is 0 Å². The number of benzene rings is 1. The molecule has 3 aromatic rings. The zero-order chi connectivity index (χ0) is 18.8. The topological polar surface area (TPSA) is 131 Å². The Bertz CT molecular complexity index is 903. The first-order chi connectivity index (χ1) is 13.2. The van der Waals surface area contributed by atoms with Crippen LogP contribution in [0.4, 0.5) is 5.82 Å². The highest BCUT2D eigenvalue weighted by molar-refractivity contribution is 5.81. The van der Waals surface area contributed by atoms with Crippen molar-refractivity contribution in [3.05, 3.63) is 48.5 Å². The maximum Gasteiger partial charge on any atom is 0.167 e. The molecule has 1 saturated heterocycles. The van der Waals surface area contributed by atoms with Gasteiger partial charge in [-0.1, -0.05) is 30.3 Å². The minimum absolute atomic E-state index is 0.208. The number of nitrogen functional groups attached to an aromatic ring is 1. The number of aliphatic hydroxyl groups is 2. The molecule has 2 aromatic heterocycles. The van der Waals surface area contributed by atoms with Crippen LogP contribution < -0.4 is 11.1 Å².